The number of hydrogen-bond acceptors (Lipinski definition) is 5. The predicted molar refractivity (Wildman–Crippen MR) is 135 cm³/mol. The van der Waals surface area contributed by atoms with Gasteiger partial charge in [0.2, 0.25) is 13.5 Å². The fraction of sp³-hybridized carbons (Fsp3) is 0.474. The van der Waals surface area contributed by atoms with E-state index in [4.69, 9.17) is 74.3 Å². The van der Waals surface area contributed by atoms with Crippen molar-refractivity contribution in [3.05, 3.63) is 41.2 Å². The van der Waals surface area contributed by atoms with E-state index < -0.39 is 7.59 Å². The van der Waals surface area contributed by atoms with Gasteiger partial charge in [-0.2, -0.15) is 0 Å². The number of hydrogen-bond donors (Lipinski definition) is 1. The molecule has 1 heterocycles. The fourth-order valence-electron chi connectivity index (χ4n) is 2.69. The second kappa shape index (κ2) is 12.4. The molecule has 1 aromatic carbocycles. The first kappa shape index (κ1) is 28.9. The Kier molecular flexibility index (Phi) is 11.6. The van der Waals surface area contributed by atoms with Gasteiger partial charge >= 0.3 is 0 Å². The summed E-state index contributed by atoms with van der Waals surface area (Å²) in [7, 11) is 0. The summed E-state index contributed by atoms with van der Waals surface area (Å²) in [5.41, 5.74) is 1.91. The van der Waals surface area contributed by atoms with Crippen molar-refractivity contribution in [1.82, 2.24) is 14.9 Å². The standard InChI is InChI=1S/C19H22Cl6N4O.ClH/c1-4-29(5-2)11-12-9-13(7-8-14(12)30-6-3)26-17-27-15(18(20,21)22)10-16(28-17)19(23,24)25;/h7-10H,4-6,11H2,1-3H3,(H,26,27,28);1H. The third-order valence-corrected chi connectivity index (χ3v) is 5.37. The molecule has 31 heavy (non-hydrogen) atoms. The van der Waals surface area contributed by atoms with Crippen molar-refractivity contribution in [3.8, 4) is 5.75 Å². The van der Waals surface area contributed by atoms with Gasteiger partial charge in [-0.3, -0.25) is 4.90 Å². The van der Waals surface area contributed by atoms with Gasteiger partial charge in [0.05, 0.1) is 18.0 Å². The largest absolute Gasteiger partial charge is 0.494 e. The van der Waals surface area contributed by atoms with E-state index in [0.717, 1.165) is 36.6 Å². The molecule has 174 valence electrons. The van der Waals surface area contributed by atoms with Crippen molar-refractivity contribution in [3.63, 3.8) is 0 Å². The number of anilines is 2. The average Bonchev–Trinajstić information content (AvgIpc) is 2.66. The van der Waals surface area contributed by atoms with Crippen LogP contribution >= 0.6 is 82.0 Å². The Morgan fingerprint density at radius 1 is 0.903 bits per heavy atom. The number of aromatic nitrogens is 2. The monoisotopic (exact) mass is 568 g/mol. The molecule has 2 rings (SSSR count). The van der Waals surface area contributed by atoms with E-state index in [2.05, 4.69) is 34.0 Å². The molecular formula is C19H23Cl7N4O. The van der Waals surface area contributed by atoms with Crippen LogP contribution in [0.1, 0.15) is 37.7 Å². The first-order chi connectivity index (χ1) is 14.0. The number of halogens is 7. The maximum Gasteiger partial charge on any atom is 0.232 e. The molecule has 0 aliphatic carbocycles. The summed E-state index contributed by atoms with van der Waals surface area (Å²) >= 11 is 35.9. The number of nitrogens with one attached hydrogen (secondary N) is 1. The molecule has 0 bridgehead atoms. The van der Waals surface area contributed by atoms with Gasteiger partial charge in [-0.25, -0.2) is 9.97 Å². The molecule has 0 unspecified atom stereocenters. The molecule has 0 spiro atoms. The smallest absolute Gasteiger partial charge is 0.232 e. The summed E-state index contributed by atoms with van der Waals surface area (Å²) in [5, 5.41) is 3.10. The number of benzene rings is 1. The lowest BCUT2D eigenvalue weighted by molar-refractivity contribution is 0.282. The van der Waals surface area contributed by atoms with Crippen LogP contribution < -0.4 is 10.1 Å². The van der Waals surface area contributed by atoms with Gasteiger partial charge in [-0.15, -0.1) is 12.4 Å². The number of rotatable bonds is 8. The number of ether oxygens (including phenoxy) is 1. The molecule has 1 aromatic heterocycles. The van der Waals surface area contributed by atoms with Crippen LogP contribution in [0.3, 0.4) is 0 Å². The lowest BCUT2D eigenvalue weighted by Crippen LogP contribution is -2.22. The normalized spacial score (nSPS) is 11.9. The Hall–Kier alpha value is -0.110. The second-order valence-electron chi connectivity index (χ2n) is 6.30. The minimum atomic E-state index is -1.81. The minimum absolute atomic E-state index is 0. The fourth-order valence-corrected chi connectivity index (χ4v) is 3.27. The molecule has 0 fully saturated rings. The lowest BCUT2D eigenvalue weighted by atomic mass is 10.1. The third kappa shape index (κ3) is 8.63. The first-order valence-electron chi connectivity index (χ1n) is 9.26. The molecule has 0 atom stereocenters. The highest BCUT2D eigenvalue weighted by Gasteiger charge is 2.32. The van der Waals surface area contributed by atoms with Crippen molar-refractivity contribution >= 4 is 93.6 Å². The average molecular weight is 572 g/mol. The maximum absolute atomic E-state index is 5.99. The Morgan fingerprint density at radius 3 is 1.90 bits per heavy atom. The first-order valence-corrected chi connectivity index (χ1v) is 11.5. The molecule has 0 amide bonds. The Bertz CT molecular complexity index is 820. The van der Waals surface area contributed by atoms with Gasteiger partial charge < -0.3 is 10.1 Å². The van der Waals surface area contributed by atoms with Crippen LogP contribution in [-0.4, -0.2) is 34.6 Å². The predicted octanol–water partition coefficient (Wildman–Crippen LogP) is 7.54. The lowest BCUT2D eigenvalue weighted by Gasteiger charge is -2.21. The van der Waals surface area contributed by atoms with Crippen LogP contribution in [0.15, 0.2) is 24.3 Å². The van der Waals surface area contributed by atoms with E-state index in [1.807, 2.05) is 25.1 Å². The van der Waals surface area contributed by atoms with Crippen molar-refractivity contribution in [2.24, 2.45) is 0 Å². The summed E-state index contributed by atoms with van der Waals surface area (Å²) in [4.78, 5) is 10.8. The molecule has 5 nitrogen and oxygen atoms in total. The third-order valence-electron chi connectivity index (χ3n) is 4.21. The highest BCUT2D eigenvalue weighted by molar-refractivity contribution is 6.67. The molecule has 0 radical (unpaired) electrons. The maximum atomic E-state index is 5.99. The van der Waals surface area contributed by atoms with E-state index in [-0.39, 0.29) is 29.7 Å². The molecule has 2 aromatic rings. The number of nitrogens with zero attached hydrogens (tertiary/aromatic N) is 3. The Labute approximate surface area is 219 Å². The van der Waals surface area contributed by atoms with Crippen LogP contribution in [0.25, 0.3) is 0 Å². The summed E-state index contributed by atoms with van der Waals surface area (Å²) in [6, 6.07) is 7.04. The van der Waals surface area contributed by atoms with Crippen LogP contribution in [0.4, 0.5) is 11.6 Å². The zero-order chi connectivity index (χ0) is 22.5. The van der Waals surface area contributed by atoms with Gasteiger partial charge in [0, 0.05) is 17.8 Å². The van der Waals surface area contributed by atoms with Gasteiger partial charge in [0.15, 0.2) is 0 Å². The zero-order valence-electron chi connectivity index (χ0n) is 17.1. The van der Waals surface area contributed by atoms with Gasteiger partial charge in [0.1, 0.15) is 5.75 Å². The Morgan fingerprint density at radius 2 is 1.45 bits per heavy atom. The van der Waals surface area contributed by atoms with E-state index in [1.54, 1.807) is 0 Å². The zero-order valence-corrected chi connectivity index (χ0v) is 22.4. The van der Waals surface area contributed by atoms with Crippen molar-refractivity contribution in [2.45, 2.75) is 34.9 Å². The molecular weight excluding hydrogens is 548 g/mol. The summed E-state index contributed by atoms with van der Waals surface area (Å²) in [6.45, 7) is 9.30. The van der Waals surface area contributed by atoms with Crippen LogP contribution in [0, 0.1) is 0 Å². The number of alkyl halides is 6. The van der Waals surface area contributed by atoms with Gasteiger partial charge in [-0.05, 0) is 44.3 Å². The molecule has 0 aliphatic rings. The molecule has 0 aliphatic heterocycles. The second-order valence-corrected chi connectivity index (χ2v) is 10.9. The summed E-state index contributed by atoms with van der Waals surface area (Å²) in [5.74, 6) is 0.950. The van der Waals surface area contributed by atoms with E-state index in [1.165, 1.54) is 6.07 Å². The van der Waals surface area contributed by atoms with Gasteiger partial charge in [0.25, 0.3) is 0 Å². The van der Waals surface area contributed by atoms with Crippen molar-refractivity contribution in [1.29, 1.82) is 0 Å². The summed E-state index contributed by atoms with van der Waals surface area (Å²) < 4.78 is 2.15. The molecule has 1 N–H and O–H groups in total. The van der Waals surface area contributed by atoms with E-state index in [0.29, 0.717) is 6.61 Å². The molecule has 0 saturated carbocycles. The molecule has 0 saturated heterocycles. The molecule has 12 heteroatoms. The van der Waals surface area contributed by atoms with Crippen molar-refractivity contribution in [2.75, 3.05) is 25.0 Å². The van der Waals surface area contributed by atoms with Crippen molar-refractivity contribution < 1.29 is 4.74 Å². The van der Waals surface area contributed by atoms with E-state index in [9.17, 15) is 0 Å². The quantitative estimate of drug-likeness (QED) is 0.332. The van der Waals surface area contributed by atoms with Crippen LogP contribution in [0.5, 0.6) is 5.75 Å². The van der Waals surface area contributed by atoms with Crippen LogP contribution in [0.2, 0.25) is 0 Å². The SMILES string of the molecule is CCOc1ccc(Nc2nc(C(Cl)(Cl)Cl)cc(C(Cl)(Cl)Cl)n2)cc1CN(CC)CC.Cl. The summed E-state index contributed by atoms with van der Waals surface area (Å²) in [6.07, 6.45) is 0. The van der Waals surface area contributed by atoms with Gasteiger partial charge in [-0.1, -0.05) is 83.5 Å². The highest BCUT2D eigenvalue weighted by Crippen LogP contribution is 2.42. The van der Waals surface area contributed by atoms with E-state index >= 15 is 0 Å². The van der Waals surface area contributed by atoms with Crippen LogP contribution in [-0.2, 0) is 14.1 Å². The Balaban J connectivity index is 0.00000480. The highest BCUT2D eigenvalue weighted by atomic mass is 35.6. The topological polar surface area (TPSA) is 50.3 Å². The minimum Gasteiger partial charge on any atom is -0.494 e.